The molecule has 144 valence electrons. The molecule has 0 radical (unpaired) electrons. The monoisotopic (exact) mass is 353 g/mol. The topological polar surface area (TPSA) is 76.0 Å². The molecule has 0 saturated carbocycles. The summed E-state index contributed by atoms with van der Waals surface area (Å²) in [5.74, 6) is -0.509. The molecule has 0 aromatic heterocycles. The first-order chi connectivity index (χ1) is 12.1. The summed E-state index contributed by atoms with van der Waals surface area (Å²) >= 11 is 0. The molecule has 1 N–H and O–H groups in total. The van der Waals surface area contributed by atoms with Crippen LogP contribution < -0.4 is 0 Å². The van der Waals surface area contributed by atoms with E-state index in [0.29, 0.717) is 12.0 Å². The van der Waals surface area contributed by atoms with Gasteiger partial charge in [-0.1, -0.05) is 76.3 Å². The smallest absolute Gasteiger partial charge is 0.333 e. The first-order valence-corrected chi connectivity index (χ1v) is 10.0. The van der Waals surface area contributed by atoms with Gasteiger partial charge in [-0.3, -0.25) is 0 Å². The molecule has 0 saturated heterocycles. The van der Waals surface area contributed by atoms with Gasteiger partial charge in [0.15, 0.2) is 0 Å². The fourth-order valence-corrected chi connectivity index (χ4v) is 3.49. The van der Waals surface area contributed by atoms with E-state index in [0.717, 1.165) is 19.3 Å². The Morgan fingerprint density at radius 2 is 1.64 bits per heavy atom. The second-order valence-electron chi connectivity index (χ2n) is 7.29. The minimum atomic E-state index is -1.15. The lowest BCUT2D eigenvalue weighted by Gasteiger charge is -2.20. The van der Waals surface area contributed by atoms with Crippen molar-refractivity contribution in [2.24, 2.45) is 11.1 Å². The molecule has 3 unspecified atom stereocenters. The van der Waals surface area contributed by atoms with Gasteiger partial charge in [-0.2, -0.15) is 4.91 Å². The first kappa shape index (κ1) is 21.8. The highest BCUT2D eigenvalue weighted by Gasteiger charge is 2.30. The molecule has 5 nitrogen and oxygen atoms in total. The third-order valence-electron chi connectivity index (χ3n) is 4.98. The van der Waals surface area contributed by atoms with Crippen LogP contribution in [-0.2, 0) is 9.53 Å². The lowest BCUT2D eigenvalue weighted by Crippen LogP contribution is -2.19. The predicted octanol–water partition coefficient (Wildman–Crippen LogP) is 5.26. The summed E-state index contributed by atoms with van der Waals surface area (Å²) in [6, 6.07) is -0.322. The number of carbonyl (C=O) groups excluding carboxylic acids is 1. The van der Waals surface area contributed by atoms with Crippen LogP contribution in [0.25, 0.3) is 0 Å². The summed E-state index contributed by atoms with van der Waals surface area (Å²) in [5.41, 5.74) is 0.608. The Kier molecular flexibility index (Phi) is 11.4. The molecule has 25 heavy (non-hydrogen) atoms. The number of carbonyl (C=O) groups is 1. The minimum absolute atomic E-state index is 0.0109. The zero-order valence-corrected chi connectivity index (χ0v) is 15.9. The molecule has 0 bridgehead atoms. The van der Waals surface area contributed by atoms with Crippen molar-refractivity contribution in [2.45, 2.75) is 103 Å². The lowest BCUT2D eigenvalue weighted by atomic mass is 9.87. The number of esters is 1. The van der Waals surface area contributed by atoms with Crippen LogP contribution in [0.2, 0.25) is 0 Å². The van der Waals surface area contributed by atoms with Gasteiger partial charge < -0.3 is 9.84 Å². The highest BCUT2D eigenvalue weighted by Crippen LogP contribution is 2.30. The van der Waals surface area contributed by atoms with E-state index in [4.69, 9.17) is 4.74 Å². The lowest BCUT2D eigenvalue weighted by molar-refractivity contribution is -0.151. The van der Waals surface area contributed by atoms with Crippen LogP contribution in [0.15, 0.2) is 16.8 Å². The Hall–Kier alpha value is -1.23. The van der Waals surface area contributed by atoms with Gasteiger partial charge in [0.05, 0.1) is 6.04 Å². The normalized spacial score (nSPS) is 19.4. The molecule has 0 fully saturated rings. The van der Waals surface area contributed by atoms with E-state index in [1.165, 1.54) is 57.4 Å². The summed E-state index contributed by atoms with van der Waals surface area (Å²) in [7, 11) is 0. The Bertz CT molecular complexity index is 422. The molecular weight excluding hydrogens is 318 g/mol. The molecule has 1 rings (SSSR count). The van der Waals surface area contributed by atoms with Crippen LogP contribution in [0, 0.1) is 10.8 Å². The summed E-state index contributed by atoms with van der Waals surface area (Å²) in [6.07, 6.45) is 14.3. The molecule has 1 heterocycles. The summed E-state index contributed by atoms with van der Waals surface area (Å²) in [6.45, 7) is 4.00. The molecule has 0 amide bonds. The number of hydrogen-bond donors (Lipinski definition) is 1. The minimum Gasteiger partial charge on any atom is -0.429 e. The predicted molar refractivity (Wildman–Crippen MR) is 100 cm³/mol. The van der Waals surface area contributed by atoms with Gasteiger partial charge in [0, 0.05) is 11.6 Å². The largest absolute Gasteiger partial charge is 0.429 e. The Morgan fingerprint density at radius 3 is 2.12 bits per heavy atom. The fourth-order valence-electron chi connectivity index (χ4n) is 3.49. The third kappa shape index (κ3) is 9.15. The zero-order valence-electron chi connectivity index (χ0n) is 15.9. The molecule has 0 aromatic carbocycles. The summed E-state index contributed by atoms with van der Waals surface area (Å²) in [5, 5.41) is 12.9. The van der Waals surface area contributed by atoms with E-state index in [1.54, 1.807) is 6.92 Å². The molecule has 3 atom stereocenters. The average molecular weight is 354 g/mol. The first-order valence-electron chi connectivity index (χ1n) is 10.0. The SMILES string of the molecule is CCCCCCCCCCCCC(CC(C)N=O)C1=CC(=O)OC1O. The molecule has 5 heteroatoms. The molecule has 1 aliphatic rings. The average Bonchev–Trinajstić information content (AvgIpc) is 2.93. The third-order valence-corrected chi connectivity index (χ3v) is 4.98. The van der Waals surface area contributed by atoms with Crippen molar-refractivity contribution in [1.82, 2.24) is 0 Å². The van der Waals surface area contributed by atoms with E-state index in [1.807, 2.05) is 0 Å². The standard InChI is InChI=1S/C20H35NO4/c1-3-4-5-6-7-8-9-10-11-12-13-17(14-16(2)21-24)18-15-19(22)25-20(18)23/h15-17,20,23H,3-14H2,1-2H3. The van der Waals surface area contributed by atoms with Crippen molar-refractivity contribution in [1.29, 1.82) is 0 Å². The van der Waals surface area contributed by atoms with E-state index in [2.05, 4.69) is 12.1 Å². The fraction of sp³-hybridized carbons (Fsp3) is 0.850. The number of cyclic esters (lactones) is 1. The van der Waals surface area contributed by atoms with E-state index < -0.39 is 12.3 Å². The summed E-state index contributed by atoms with van der Waals surface area (Å²) < 4.78 is 4.78. The van der Waals surface area contributed by atoms with Gasteiger partial charge >= 0.3 is 5.97 Å². The van der Waals surface area contributed by atoms with Gasteiger partial charge in [-0.25, -0.2) is 4.79 Å². The van der Waals surface area contributed by atoms with Crippen molar-refractivity contribution >= 4 is 5.97 Å². The number of unbranched alkanes of at least 4 members (excludes halogenated alkanes) is 9. The number of ether oxygens (including phenoxy) is 1. The number of aliphatic hydroxyl groups excluding tert-OH is 1. The molecular formula is C20H35NO4. The molecule has 0 spiro atoms. The van der Waals surface area contributed by atoms with Crippen molar-refractivity contribution in [3.05, 3.63) is 16.6 Å². The maximum atomic E-state index is 11.3. The van der Waals surface area contributed by atoms with Gasteiger partial charge in [0.1, 0.15) is 0 Å². The van der Waals surface area contributed by atoms with Gasteiger partial charge in [-0.05, 0) is 25.7 Å². The van der Waals surface area contributed by atoms with Crippen molar-refractivity contribution in [2.75, 3.05) is 0 Å². The van der Waals surface area contributed by atoms with Crippen LogP contribution in [0.5, 0.6) is 0 Å². The van der Waals surface area contributed by atoms with E-state index >= 15 is 0 Å². The van der Waals surface area contributed by atoms with Crippen LogP contribution >= 0.6 is 0 Å². The number of nitroso groups, excluding NO2 is 1. The Labute approximate surface area is 152 Å². The highest BCUT2D eigenvalue weighted by molar-refractivity contribution is 5.85. The maximum Gasteiger partial charge on any atom is 0.333 e. The quantitative estimate of drug-likeness (QED) is 0.247. The number of nitrogens with zero attached hydrogens (tertiary/aromatic N) is 1. The van der Waals surface area contributed by atoms with Gasteiger partial charge in [0.2, 0.25) is 6.29 Å². The van der Waals surface area contributed by atoms with Crippen molar-refractivity contribution in [3.8, 4) is 0 Å². The van der Waals surface area contributed by atoms with Crippen molar-refractivity contribution < 1.29 is 14.6 Å². The number of hydrogen-bond acceptors (Lipinski definition) is 5. The van der Waals surface area contributed by atoms with Gasteiger partial charge in [-0.15, -0.1) is 0 Å². The molecule has 1 aliphatic heterocycles. The van der Waals surface area contributed by atoms with Gasteiger partial charge in [0.25, 0.3) is 0 Å². The Morgan fingerprint density at radius 1 is 1.08 bits per heavy atom. The van der Waals surface area contributed by atoms with E-state index in [-0.39, 0.29) is 12.0 Å². The second kappa shape index (κ2) is 13.0. The van der Waals surface area contributed by atoms with Crippen LogP contribution in [0.4, 0.5) is 0 Å². The zero-order chi connectivity index (χ0) is 18.5. The summed E-state index contributed by atoms with van der Waals surface area (Å²) in [4.78, 5) is 22.0. The van der Waals surface area contributed by atoms with E-state index in [9.17, 15) is 14.8 Å². The van der Waals surface area contributed by atoms with Crippen LogP contribution in [0.1, 0.15) is 90.9 Å². The van der Waals surface area contributed by atoms with Crippen molar-refractivity contribution in [3.63, 3.8) is 0 Å². The second-order valence-corrected chi connectivity index (χ2v) is 7.29. The number of aliphatic hydroxyl groups is 1. The number of rotatable bonds is 15. The molecule has 0 aromatic rings. The Balaban J connectivity index is 2.24. The maximum absolute atomic E-state index is 11.3. The highest BCUT2D eigenvalue weighted by atomic mass is 16.6. The van der Waals surface area contributed by atoms with Crippen LogP contribution in [0.3, 0.4) is 0 Å². The molecule has 0 aliphatic carbocycles. The van der Waals surface area contributed by atoms with Crippen LogP contribution in [-0.4, -0.2) is 23.4 Å².